The van der Waals surface area contributed by atoms with E-state index < -0.39 is 11.7 Å². The molecule has 0 fully saturated rings. The Kier molecular flexibility index (Phi) is 8.00. The standard InChI is InChI=1S/C19H19F3N6.HI/c1-23-18(26-10-14-3-2-4-16(9-14)19(20,21)22)27-12-15-5-6-17(25-11-15)28-8-7-24-13-28;/h2-9,11,13H,10,12H2,1H3,(H2,23,26,27);1H. The van der Waals surface area contributed by atoms with E-state index in [2.05, 4.69) is 25.6 Å². The van der Waals surface area contributed by atoms with E-state index in [0.717, 1.165) is 23.5 Å². The zero-order valence-electron chi connectivity index (χ0n) is 15.5. The second-order valence-electron chi connectivity index (χ2n) is 5.97. The number of imidazole rings is 1. The smallest absolute Gasteiger partial charge is 0.352 e. The van der Waals surface area contributed by atoms with Gasteiger partial charge in [-0.2, -0.15) is 13.2 Å². The van der Waals surface area contributed by atoms with Crippen molar-refractivity contribution in [3.63, 3.8) is 0 Å². The van der Waals surface area contributed by atoms with Crippen LogP contribution in [0, 0.1) is 0 Å². The van der Waals surface area contributed by atoms with Crippen LogP contribution in [0.3, 0.4) is 0 Å². The number of pyridine rings is 1. The Bertz CT molecular complexity index is 924. The molecular weight excluding hydrogens is 496 g/mol. The first-order valence-electron chi connectivity index (χ1n) is 8.49. The summed E-state index contributed by atoms with van der Waals surface area (Å²) < 4.78 is 40.2. The van der Waals surface area contributed by atoms with Crippen molar-refractivity contribution in [2.75, 3.05) is 7.05 Å². The number of hydrogen-bond acceptors (Lipinski definition) is 3. The third-order valence-electron chi connectivity index (χ3n) is 3.98. The minimum absolute atomic E-state index is 0. The molecule has 0 aliphatic carbocycles. The Balaban J connectivity index is 0.00000300. The summed E-state index contributed by atoms with van der Waals surface area (Å²) in [6.07, 6.45) is 2.53. The molecule has 0 radical (unpaired) electrons. The van der Waals surface area contributed by atoms with Gasteiger partial charge in [-0.05, 0) is 29.3 Å². The Morgan fingerprint density at radius 1 is 1.10 bits per heavy atom. The van der Waals surface area contributed by atoms with Crippen LogP contribution in [0.25, 0.3) is 5.82 Å². The van der Waals surface area contributed by atoms with Crippen molar-refractivity contribution >= 4 is 29.9 Å². The van der Waals surface area contributed by atoms with Gasteiger partial charge in [-0.15, -0.1) is 24.0 Å². The molecule has 2 aromatic heterocycles. The summed E-state index contributed by atoms with van der Waals surface area (Å²) >= 11 is 0. The van der Waals surface area contributed by atoms with Crippen LogP contribution in [0.15, 0.2) is 66.3 Å². The van der Waals surface area contributed by atoms with Gasteiger partial charge in [0.05, 0.1) is 5.56 Å². The number of halogens is 4. The molecule has 3 aromatic rings. The van der Waals surface area contributed by atoms with E-state index in [-0.39, 0.29) is 30.5 Å². The van der Waals surface area contributed by atoms with Crippen LogP contribution in [-0.2, 0) is 19.3 Å². The van der Waals surface area contributed by atoms with Crippen LogP contribution in [0.1, 0.15) is 16.7 Å². The van der Waals surface area contributed by atoms with Crippen LogP contribution < -0.4 is 10.6 Å². The molecule has 0 saturated heterocycles. The van der Waals surface area contributed by atoms with E-state index in [1.807, 2.05) is 12.1 Å². The minimum atomic E-state index is -4.36. The van der Waals surface area contributed by atoms with Crippen molar-refractivity contribution in [2.24, 2.45) is 4.99 Å². The molecule has 0 aliphatic rings. The molecule has 0 unspecified atom stereocenters. The number of hydrogen-bond donors (Lipinski definition) is 2. The summed E-state index contributed by atoms with van der Waals surface area (Å²) in [5.74, 6) is 1.24. The third kappa shape index (κ3) is 6.44. The summed E-state index contributed by atoms with van der Waals surface area (Å²) in [6.45, 7) is 0.695. The first-order valence-corrected chi connectivity index (χ1v) is 8.49. The van der Waals surface area contributed by atoms with E-state index in [1.54, 1.807) is 42.6 Å². The predicted molar refractivity (Wildman–Crippen MR) is 115 cm³/mol. The SMILES string of the molecule is CN=C(NCc1ccc(-n2ccnc2)nc1)NCc1cccc(C(F)(F)F)c1.I. The van der Waals surface area contributed by atoms with Gasteiger partial charge < -0.3 is 10.6 Å². The first-order chi connectivity index (χ1) is 13.5. The predicted octanol–water partition coefficient (Wildman–Crippen LogP) is 3.77. The molecule has 0 aliphatic heterocycles. The average Bonchev–Trinajstić information content (AvgIpc) is 3.23. The molecule has 3 rings (SSSR count). The Morgan fingerprint density at radius 2 is 1.86 bits per heavy atom. The second-order valence-corrected chi connectivity index (χ2v) is 5.97. The van der Waals surface area contributed by atoms with Gasteiger partial charge >= 0.3 is 6.18 Å². The molecule has 0 amide bonds. The lowest BCUT2D eigenvalue weighted by molar-refractivity contribution is -0.137. The van der Waals surface area contributed by atoms with Crippen molar-refractivity contribution in [1.29, 1.82) is 0 Å². The van der Waals surface area contributed by atoms with E-state index in [4.69, 9.17) is 0 Å². The van der Waals surface area contributed by atoms with Crippen LogP contribution in [-0.4, -0.2) is 27.5 Å². The molecule has 2 heterocycles. The summed E-state index contributed by atoms with van der Waals surface area (Å²) in [4.78, 5) is 12.4. The molecule has 0 atom stereocenters. The largest absolute Gasteiger partial charge is 0.416 e. The van der Waals surface area contributed by atoms with Gasteiger partial charge in [0.2, 0.25) is 0 Å². The van der Waals surface area contributed by atoms with Crippen LogP contribution >= 0.6 is 24.0 Å². The molecule has 1 aromatic carbocycles. The number of nitrogens with one attached hydrogen (secondary N) is 2. The molecule has 29 heavy (non-hydrogen) atoms. The van der Waals surface area contributed by atoms with Crippen molar-refractivity contribution in [1.82, 2.24) is 25.2 Å². The Hall–Kier alpha value is -2.63. The number of rotatable bonds is 5. The number of aromatic nitrogens is 3. The van der Waals surface area contributed by atoms with Gasteiger partial charge in [-0.3, -0.25) is 9.56 Å². The summed E-state index contributed by atoms with van der Waals surface area (Å²) in [5, 5.41) is 6.12. The van der Waals surface area contributed by atoms with Gasteiger partial charge in [-0.25, -0.2) is 9.97 Å². The van der Waals surface area contributed by atoms with Gasteiger partial charge in [0, 0.05) is 38.7 Å². The lowest BCUT2D eigenvalue weighted by Gasteiger charge is -2.13. The van der Waals surface area contributed by atoms with Crippen molar-refractivity contribution < 1.29 is 13.2 Å². The highest BCUT2D eigenvalue weighted by atomic mass is 127. The molecule has 0 spiro atoms. The molecular formula is C19H20F3IN6. The number of nitrogens with zero attached hydrogens (tertiary/aromatic N) is 4. The summed E-state index contributed by atoms with van der Waals surface area (Å²) in [5.41, 5.74) is 0.786. The van der Waals surface area contributed by atoms with Crippen LogP contribution in [0.4, 0.5) is 13.2 Å². The van der Waals surface area contributed by atoms with Crippen molar-refractivity contribution in [2.45, 2.75) is 19.3 Å². The van der Waals surface area contributed by atoms with Crippen LogP contribution in [0.5, 0.6) is 0 Å². The van der Waals surface area contributed by atoms with Gasteiger partial charge in [0.25, 0.3) is 0 Å². The van der Waals surface area contributed by atoms with Crippen molar-refractivity contribution in [3.8, 4) is 5.82 Å². The molecule has 0 bridgehead atoms. The number of alkyl halides is 3. The Labute approximate surface area is 183 Å². The van der Waals surface area contributed by atoms with E-state index >= 15 is 0 Å². The second kappa shape index (κ2) is 10.2. The van der Waals surface area contributed by atoms with Gasteiger partial charge in [-0.1, -0.05) is 18.2 Å². The fourth-order valence-corrected chi connectivity index (χ4v) is 2.52. The quantitative estimate of drug-likeness (QED) is 0.308. The van der Waals surface area contributed by atoms with Gasteiger partial charge in [0.15, 0.2) is 5.96 Å². The zero-order chi connectivity index (χ0) is 20.0. The number of guanidine groups is 1. The maximum atomic E-state index is 12.8. The maximum Gasteiger partial charge on any atom is 0.416 e. The molecule has 6 nitrogen and oxygen atoms in total. The fourth-order valence-electron chi connectivity index (χ4n) is 2.52. The van der Waals surface area contributed by atoms with E-state index in [1.165, 1.54) is 6.07 Å². The highest BCUT2D eigenvalue weighted by molar-refractivity contribution is 14.0. The van der Waals surface area contributed by atoms with E-state index in [9.17, 15) is 13.2 Å². The monoisotopic (exact) mass is 516 g/mol. The summed E-state index contributed by atoms with van der Waals surface area (Å²) in [7, 11) is 1.60. The topological polar surface area (TPSA) is 67.1 Å². The minimum Gasteiger partial charge on any atom is -0.352 e. The van der Waals surface area contributed by atoms with Crippen LogP contribution in [0.2, 0.25) is 0 Å². The number of aliphatic imine (C=N–C) groups is 1. The fraction of sp³-hybridized carbons (Fsp3) is 0.211. The summed E-state index contributed by atoms with van der Waals surface area (Å²) in [6, 6.07) is 9.00. The van der Waals surface area contributed by atoms with Gasteiger partial charge in [0.1, 0.15) is 12.1 Å². The third-order valence-corrected chi connectivity index (χ3v) is 3.98. The zero-order valence-corrected chi connectivity index (χ0v) is 17.8. The molecule has 0 saturated carbocycles. The highest BCUT2D eigenvalue weighted by Crippen LogP contribution is 2.29. The lowest BCUT2D eigenvalue weighted by Crippen LogP contribution is -2.36. The lowest BCUT2D eigenvalue weighted by atomic mass is 10.1. The molecule has 2 N–H and O–H groups in total. The normalized spacial score (nSPS) is 11.7. The maximum absolute atomic E-state index is 12.8. The van der Waals surface area contributed by atoms with Crippen molar-refractivity contribution in [3.05, 3.63) is 78.0 Å². The molecule has 154 valence electrons. The first kappa shape index (κ1) is 22.7. The highest BCUT2D eigenvalue weighted by Gasteiger charge is 2.30. The molecule has 10 heteroatoms. The number of benzene rings is 1. The average molecular weight is 516 g/mol. The Morgan fingerprint density at radius 3 is 2.45 bits per heavy atom. The van der Waals surface area contributed by atoms with E-state index in [0.29, 0.717) is 18.1 Å².